The summed E-state index contributed by atoms with van der Waals surface area (Å²) in [5.41, 5.74) is 2.13. The second-order valence-corrected chi connectivity index (χ2v) is 6.90. The van der Waals surface area contributed by atoms with Gasteiger partial charge in [-0.1, -0.05) is 35.9 Å². The monoisotopic (exact) mass is 405 g/mol. The van der Waals surface area contributed by atoms with Gasteiger partial charge in [0, 0.05) is 33.5 Å². The molecule has 4 rings (SSSR count). The third-order valence-electron chi connectivity index (χ3n) is 4.68. The Balaban J connectivity index is 1.61. The van der Waals surface area contributed by atoms with Crippen LogP contribution in [0.5, 0.6) is 5.75 Å². The standard InChI is InChI=1S/C23H16ClNO4/c1-2-29-20-10-7-13(11-19(20)24)23(28)25-14-8-9-17-18(12-14)22(27)16-6-4-3-5-15(16)21(17)26/h3-12H,2H2,1H3,(H,25,28). The zero-order valence-electron chi connectivity index (χ0n) is 15.5. The summed E-state index contributed by atoms with van der Waals surface area (Å²) in [6, 6.07) is 16.2. The molecule has 0 fully saturated rings. The molecule has 3 aromatic carbocycles. The van der Waals surface area contributed by atoms with E-state index in [1.54, 1.807) is 48.5 Å². The van der Waals surface area contributed by atoms with Gasteiger partial charge >= 0.3 is 0 Å². The lowest BCUT2D eigenvalue weighted by molar-refractivity contribution is 0.0979. The molecule has 144 valence electrons. The second-order valence-electron chi connectivity index (χ2n) is 6.50. The van der Waals surface area contributed by atoms with Gasteiger partial charge in [0.05, 0.1) is 11.6 Å². The number of ketones is 2. The summed E-state index contributed by atoms with van der Waals surface area (Å²) >= 11 is 6.15. The molecule has 29 heavy (non-hydrogen) atoms. The Hall–Kier alpha value is -3.44. The maximum absolute atomic E-state index is 12.8. The van der Waals surface area contributed by atoms with Crippen molar-refractivity contribution in [3.8, 4) is 5.75 Å². The Morgan fingerprint density at radius 3 is 2.21 bits per heavy atom. The van der Waals surface area contributed by atoms with Gasteiger partial charge in [0.15, 0.2) is 11.6 Å². The molecule has 1 aliphatic rings. The zero-order chi connectivity index (χ0) is 20.5. The van der Waals surface area contributed by atoms with E-state index in [9.17, 15) is 14.4 Å². The lowest BCUT2D eigenvalue weighted by Crippen LogP contribution is -2.21. The Morgan fingerprint density at radius 1 is 0.897 bits per heavy atom. The molecule has 1 N–H and O–H groups in total. The van der Waals surface area contributed by atoms with Gasteiger partial charge in [0.1, 0.15) is 5.75 Å². The fourth-order valence-electron chi connectivity index (χ4n) is 3.30. The van der Waals surface area contributed by atoms with Crippen LogP contribution in [0.1, 0.15) is 49.1 Å². The molecular formula is C23H16ClNO4. The number of ether oxygens (including phenoxy) is 1. The van der Waals surface area contributed by atoms with E-state index in [2.05, 4.69) is 5.32 Å². The first-order valence-electron chi connectivity index (χ1n) is 9.05. The zero-order valence-corrected chi connectivity index (χ0v) is 16.2. The van der Waals surface area contributed by atoms with Gasteiger partial charge in [-0.3, -0.25) is 14.4 Å². The number of rotatable bonds is 4. The van der Waals surface area contributed by atoms with E-state index < -0.39 is 0 Å². The van der Waals surface area contributed by atoms with Gasteiger partial charge in [-0.15, -0.1) is 0 Å². The number of hydrogen-bond donors (Lipinski definition) is 1. The van der Waals surface area contributed by atoms with Crippen molar-refractivity contribution in [1.82, 2.24) is 0 Å². The highest BCUT2D eigenvalue weighted by Gasteiger charge is 2.29. The number of amides is 1. The van der Waals surface area contributed by atoms with E-state index in [4.69, 9.17) is 16.3 Å². The summed E-state index contributed by atoms with van der Waals surface area (Å²) in [5, 5.41) is 3.08. The summed E-state index contributed by atoms with van der Waals surface area (Å²) in [5.74, 6) is -0.325. The van der Waals surface area contributed by atoms with Crippen LogP contribution in [0, 0.1) is 0 Å². The van der Waals surface area contributed by atoms with Crippen molar-refractivity contribution in [2.75, 3.05) is 11.9 Å². The van der Waals surface area contributed by atoms with Crippen LogP contribution >= 0.6 is 11.6 Å². The van der Waals surface area contributed by atoms with Crippen molar-refractivity contribution in [1.29, 1.82) is 0 Å². The number of hydrogen-bond acceptors (Lipinski definition) is 4. The van der Waals surface area contributed by atoms with Crippen LogP contribution in [0.15, 0.2) is 60.7 Å². The quantitative estimate of drug-likeness (QED) is 0.531. The third-order valence-corrected chi connectivity index (χ3v) is 4.97. The largest absolute Gasteiger partial charge is 0.492 e. The van der Waals surface area contributed by atoms with E-state index >= 15 is 0 Å². The molecule has 6 heteroatoms. The Bertz CT molecular complexity index is 1170. The van der Waals surface area contributed by atoms with Crippen molar-refractivity contribution in [3.05, 3.63) is 93.5 Å². The van der Waals surface area contributed by atoms with Crippen molar-refractivity contribution in [3.63, 3.8) is 0 Å². The average molecular weight is 406 g/mol. The average Bonchev–Trinajstić information content (AvgIpc) is 2.73. The van der Waals surface area contributed by atoms with E-state index in [1.165, 1.54) is 12.1 Å². The van der Waals surface area contributed by atoms with Gasteiger partial charge in [-0.25, -0.2) is 0 Å². The highest BCUT2D eigenvalue weighted by molar-refractivity contribution is 6.32. The topological polar surface area (TPSA) is 72.5 Å². The van der Waals surface area contributed by atoms with E-state index in [0.717, 1.165) is 0 Å². The minimum absolute atomic E-state index is 0.202. The minimum atomic E-state index is -0.384. The predicted molar refractivity (Wildman–Crippen MR) is 110 cm³/mol. The van der Waals surface area contributed by atoms with Gasteiger partial charge in [-0.2, -0.15) is 0 Å². The summed E-state index contributed by atoms with van der Waals surface area (Å²) in [6.45, 7) is 2.31. The molecule has 0 radical (unpaired) electrons. The molecule has 5 nitrogen and oxygen atoms in total. The van der Waals surface area contributed by atoms with Crippen LogP contribution in [-0.2, 0) is 0 Å². The van der Waals surface area contributed by atoms with Gasteiger partial charge < -0.3 is 10.1 Å². The fraction of sp³-hybridized carbons (Fsp3) is 0.0870. The Labute approximate surface area is 172 Å². The number of fused-ring (bicyclic) bond motifs is 2. The first kappa shape index (κ1) is 18.9. The van der Waals surface area contributed by atoms with Crippen molar-refractivity contribution in [2.24, 2.45) is 0 Å². The molecule has 0 saturated heterocycles. The summed E-state index contributed by atoms with van der Waals surface area (Å²) in [4.78, 5) is 38.1. The molecule has 3 aromatic rings. The third kappa shape index (κ3) is 3.41. The first-order chi connectivity index (χ1) is 14.0. The van der Waals surface area contributed by atoms with Crippen molar-refractivity contribution < 1.29 is 19.1 Å². The number of carbonyl (C=O) groups is 3. The van der Waals surface area contributed by atoms with Gasteiger partial charge in [0.2, 0.25) is 0 Å². The summed E-state index contributed by atoms with van der Waals surface area (Å²) < 4.78 is 5.37. The lowest BCUT2D eigenvalue weighted by atomic mass is 9.84. The predicted octanol–water partition coefficient (Wildman–Crippen LogP) is 4.77. The van der Waals surface area contributed by atoms with Crippen LogP contribution in [0.25, 0.3) is 0 Å². The highest BCUT2D eigenvalue weighted by atomic mass is 35.5. The van der Waals surface area contributed by atoms with Gasteiger partial charge in [0.25, 0.3) is 5.91 Å². The molecule has 0 spiro atoms. The van der Waals surface area contributed by atoms with Gasteiger partial charge in [-0.05, 0) is 43.3 Å². The maximum Gasteiger partial charge on any atom is 0.255 e. The smallest absolute Gasteiger partial charge is 0.255 e. The fourth-order valence-corrected chi connectivity index (χ4v) is 3.53. The number of halogens is 1. The van der Waals surface area contributed by atoms with Crippen LogP contribution in [0.3, 0.4) is 0 Å². The lowest BCUT2D eigenvalue weighted by Gasteiger charge is -2.18. The maximum atomic E-state index is 12.8. The van der Waals surface area contributed by atoms with E-state index in [1.807, 2.05) is 6.92 Å². The molecule has 1 aliphatic carbocycles. The normalized spacial score (nSPS) is 12.2. The number of nitrogens with one attached hydrogen (secondary N) is 1. The summed E-state index contributed by atoms with van der Waals surface area (Å²) in [7, 11) is 0. The Kier molecular flexibility index (Phi) is 4.91. The number of anilines is 1. The van der Waals surface area contributed by atoms with Crippen LogP contribution in [0.2, 0.25) is 5.02 Å². The Morgan fingerprint density at radius 2 is 1.55 bits per heavy atom. The van der Waals surface area contributed by atoms with E-state index in [-0.39, 0.29) is 23.0 Å². The molecule has 0 unspecified atom stereocenters. The highest BCUT2D eigenvalue weighted by Crippen LogP contribution is 2.30. The van der Waals surface area contributed by atoms with Crippen LogP contribution in [-0.4, -0.2) is 24.1 Å². The molecule has 0 saturated carbocycles. The van der Waals surface area contributed by atoms with Crippen molar-refractivity contribution in [2.45, 2.75) is 6.92 Å². The molecule has 0 bridgehead atoms. The number of benzene rings is 3. The van der Waals surface area contributed by atoms with Crippen LogP contribution < -0.4 is 10.1 Å². The second kappa shape index (κ2) is 7.53. The van der Waals surface area contributed by atoms with Crippen LogP contribution in [0.4, 0.5) is 5.69 Å². The SMILES string of the molecule is CCOc1ccc(C(=O)Nc2ccc3c(c2)C(=O)c2ccccc2C3=O)cc1Cl. The van der Waals surface area contributed by atoms with E-state index in [0.29, 0.717) is 45.3 Å². The molecule has 0 aromatic heterocycles. The molecule has 0 heterocycles. The molecule has 1 amide bonds. The molecule has 0 aliphatic heterocycles. The first-order valence-corrected chi connectivity index (χ1v) is 9.43. The molecular weight excluding hydrogens is 390 g/mol. The number of carbonyl (C=O) groups excluding carboxylic acids is 3. The summed E-state index contributed by atoms with van der Waals surface area (Å²) in [6.07, 6.45) is 0. The molecule has 0 atom stereocenters. The van der Waals surface area contributed by atoms with Crippen molar-refractivity contribution >= 4 is 34.8 Å². The minimum Gasteiger partial charge on any atom is -0.492 e.